The molecule has 0 radical (unpaired) electrons. The minimum absolute atomic E-state index is 0.313. The summed E-state index contributed by atoms with van der Waals surface area (Å²) < 4.78 is 5.85. The third-order valence-electron chi connectivity index (χ3n) is 3.67. The number of nitrogens with zero attached hydrogens (tertiary/aromatic N) is 1. The zero-order valence-corrected chi connectivity index (χ0v) is 12.4. The first kappa shape index (κ1) is 13.6. The monoisotopic (exact) mass is 277 g/mol. The van der Waals surface area contributed by atoms with E-state index in [0.29, 0.717) is 12.5 Å². The molecule has 1 aromatic carbocycles. The summed E-state index contributed by atoms with van der Waals surface area (Å²) >= 11 is 0. The molecule has 1 unspecified atom stereocenters. The Bertz CT molecular complexity index is 700. The number of pyridine rings is 1. The van der Waals surface area contributed by atoms with Crippen LogP contribution >= 0.6 is 0 Å². The molecule has 3 rings (SSSR count). The fourth-order valence-corrected chi connectivity index (χ4v) is 2.51. The predicted octanol–water partition coefficient (Wildman–Crippen LogP) is 4.67. The fourth-order valence-electron chi connectivity index (χ4n) is 2.51. The number of hydrogen-bond donors (Lipinski definition) is 0. The van der Waals surface area contributed by atoms with Crippen LogP contribution in [0.1, 0.15) is 24.1 Å². The van der Waals surface area contributed by atoms with Gasteiger partial charge in [0.05, 0.1) is 5.69 Å². The molecule has 21 heavy (non-hydrogen) atoms. The van der Waals surface area contributed by atoms with Gasteiger partial charge in [-0.2, -0.15) is 0 Å². The molecule has 1 aromatic heterocycles. The van der Waals surface area contributed by atoms with Gasteiger partial charge in [0, 0.05) is 22.7 Å². The summed E-state index contributed by atoms with van der Waals surface area (Å²) in [5.41, 5.74) is 4.38. The number of aryl methyl sites for hydroxylation is 1. The van der Waals surface area contributed by atoms with Gasteiger partial charge in [-0.3, -0.25) is 4.98 Å². The molecule has 0 N–H and O–H groups in total. The van der Waals surface area contributed by atoms with Crippen molar-refractivity contribution in [2.75, 3.05) is 6.61 Å². The van der Waals surface area contributed by atoms with Crippen molar-refractivity contribution < 1.29 is 4.74 Å². The van der Waals surface area contributed by atoms with E-state index >= 15 is 0 Å². The largest absolute Gasteiger partial charge is 0.489 e. The summed E-state index contributed by atoms with van der Waals surface area (Å²) in [6, 6.07) is 12.4. The lowest BCUT2D eigenvalue weighted by atomic mass is 9.96. The second-order valence-corrected chi connectivity index (χ2v) is 5.33. The topological polar surface area (TPSA) is 22.1 Å². The number of allylic oxidation sites excluding steroid dienone is 3. The number of hydrogen-bond acceptors (Lipinski definition) is 2. The van der Waals surface area contributed by atoms with E-state index in [1.54, 1.807) is 0 Å². The van der Waals surface area contributed by atoms with Gasteiger partial charge >= 0.3 is 0 Å². The van der Waals surface area contributed by atoms with Crippen LogP contribution in [0.15, 0.2) is 60.7 Å². The van der Waals surface area contributed by atoms with Crippen LogP contribution in [-0.2, 0) is 0 Å². The van der Waals surface area contributed by atoms with Crippen LogP contribution in [0.3, 0.4) is 0 Å². The number of fused-ring (bicyclic) bond motifs is 1. The molecule has 2 nitrogen and oxygen atoms in total. The van der Waals surface area contributed by atoms with Crippen LogP contribution in [0.5, 0.6) is 5.75 Å². The maximum atomic E-state index is 5.85. The van der Waals surface area contributed by atoms with Crippen molar-refractivity contribution in [3.8, 4) is 17.0 Å². The first-order valence-electron chi connectivity index (χ1n) is 7.28. The SMILES string of the molecule is Cc1cccc(-c2ccc3c(c2)C(C)/C=C\C=C/CO3)n1. The summed E-state index contributed by atoms with van der Waals surface area (Å²) in [7, 11) is 0. The first-order valence-corrected chi connectivity index (χ1v) is 7.28. The Morgan fingerprint density at radius 3 is 2.90 bits per heavy atom. The van der Waals surface area contributed by atoms with Gasteiger partial charge in [0.2, 0.25) is 0 Å². The third-order valence-corrected chi connectivity index (χ3v) is 3.67. The van der Waals surface area contributed by atoms with E-state index < -0.39 is 0 Å². The normalized spacial score (nSPS) is 20.4. The van der Waals surface area contributed by atoms with E-state index in [1.165, 1.54) is 5.56 Å². The average molecular weight is 277 g/mol. The van der Waals surface area contributed by atoms with Crippen molar-refractivity contribution in [2.24, 2.45) is 0 Å². The van der Waals surface area contributed by atoms with Gasteiger partial charge in [-0.1, -0.05) is 31.2 Å². The quantitative estimate of drug-likeness (QED) is 0.756. The fraction of sp³-hybridized carbons (Fsp3) is 0.211. The highest BCUT2D eigenvalue weighted by Crippen LogP contribution is 2.32. The van der Waals surface area contributed by atoms with Crippen LogP contribution in [0.4, 0.5) is 0 Å². The Hall–Kier alpha value is -2.35. The molecule has 0 aliphatic carbocycles. The zero-order valence-electron chi connectivity index (χ0n) is 12.4. The summed E-state index contributed by atoms with van der Waals surface area (Å²) in [6.45, 7) is 4.80. The molecule has 1 aliphatic heterocycles. The lowest BCUT2D eigenvalue weighted by molar-refractivity contribution is 0.358. The van der Waals surface area contributed by atoms with E-state index in [0.717, 1.165) is 22.7 Å². The Balaban J connectivity index is 2.05. The Morgan fingerprint density at radius 2 is 2.05 bits per heavy atom. The van der Waals surface area contributed by atoms with Crippen molar-refractivity contribution in [2.45, 2.75) is 19.8 Å². The van der Waals surface area contributed by atoms with Gasteiger partial charge in [-0.05, 0) is 43.3 Å². The molecular formula is C19H19NO. The van der Waals surface area contributed by atoms with Crippen molar-refractivity contribution in [3.05, 3.63) is 72.0 Å². The lowest BCUT2D eigenvalue weighted by Crippen LogP contribution is -2.00. The minimum atomic E-state index is 0.313. The van der Waals surface area contributed by atoms with Gasteiger partial charge in [0.15, 0.2) is 0 Å². The van der Waals surface area contributed by atoms with Gasteiger partial charge in [-0.15, -0.1) is 0 Å². The smallest absolute Gasteiger partial charge is 0.123 e. The van der Waals surface area contributed by atoms with E-state index in [1.807, 2.05) is 37.3 Å². The number of rotatable bonds is 1. The van der Waals surface area contributed by atoms with Gasteiger partial charge in [-0.25, -0.2) is 0 Å². The van der Waals surface area contributed by atoms with Gasteiger partial charge < -0.3 is 4.74 Å². The standard InChI is InChI=1S/C19H19NO/c1-14-7-4-3-5-12-21-19-11-10-16(13-17(14)19)18-9-6-8-15(2)20-18/h3-11,13-14H,12H2,1-2H3/b5-3-,7-4-. The average Bonchev–Trinajstić information content (AvgIpc) is 2.58. The highest BCUT2D eigenvalue weighted by Gasteiger charge is 2.12. The van der Waals surface area contributed by atoms with E-state index in [4.69, 9.17) is 4.74 Å². The summed E-state index contributed by atoms with van der Waals surface area (Å²) in [5, 5.41) is 0. The van der Waals surface area contributed by atoms with Crippen LogP contribution in [0, 0.1) is 6.92 Å². The second-order valence-electron chi connectivity index (χ2n) is 5.33. The lowest BCUT2D eigenvalue weighted by Gasteiger charge is -2.15. The molecule has 1 atom stereocenters. The summed E-state index contributed by atoms with van der Waals surface area (Å²) in [6.07, 6.45) is 8.33. The molecule has 0 amide bonds. The Kier molecular flexibility index (Phi) is 3.87. The van der Waals surface area contributed by atoms with Crippen molar-refractivity contribution >= 4 is 0 Å². The molecular weight excluding hydrogens is 258 g/mol. The molecule has 0 spiro atoms. The zero-order chi connectivity index (χ0) is 14.7. The molecule has 0 saturated heterocycles. The van der Waals surface area contributed by atoms with Crippen molar-refractivity contribution in [1.82, 2.24) is 4.98 Å². The first-order chi connectivity index (χ1) is 10.2. The van der Waals surface area contributed by atoms with Crippen LogP contribution in [0.2, 0.25) is 0 Å². The van der Waals surface area contributed by atoms with Crippen molar-refractivity contribution in [1.29, 1.82) is 0 Å². The molecule has 0 fully saturated rings. The van der Waals surface area contributed by atoms with E-state index in [2.05, 4.69) is 42.3 Å². The van der Waals surface area contributed by atoms with Crippen molar-refractivity contribution in [3.63, 3.8) is 0 Å². The number of aromatic nitrogens is 1. The van der Waals surface area contributed by atoms with Crippen LogP contribution in [-0.4, -0.2) is 11.6 Å². The van der Waals surface area contributed by atoms with Gasteiger partial charge in [0.25, 0.3) is 0 Å². The summed E-state index contributed by atoms with van der Waals surface area (Å²) in [5.74, 6) is 1.27. The highest BCUT2D eigenvalue weighted by atomic mass is 16.5. The maximum absolute atomic E-state index is 5.85. The molecule has 1 aliphatic rings. The molecule has 2 aromatic rings. The maximum Gasteiger partial charge on any atom is 0.123 e. The minimum Gasteiger partial charge on any atom is -0.489 e. The molecule has 0 bridgehead atoms. The molecule has 2 heterocycles. The second kappa shape index (κ2) is 5.96. The number of ether oxygens (including phenoxy) is 1. The Morgan fingerprint density at radius 1 is 1.14 bits per heavy atom. The molecule has 2 heteroatoms. The molecule has 106 valence electrons. The van der Waals surface area contributed by atoms with Crippen LogP contribution in [0.25, 0.3) is 11.3 Å². The van der Waals surface area contributed by atoms with E-state index in [9.17, 15) is 0 Å². The summed E-state index contributed by atoms with van der Waals surface area (Å²) in [4.78, 5) is 4.61. The van der Waals surface area contributed by atoms with E-state index in [-0.39, 0.29) is 0 Å². The van der Waals surface area contributed by atoms with Gasteiger partial charge in [0.1, 0.15) is 12.4 Å². The number of benzene rings is 1. The predicted molar refractivity (Wildman–Crippen MR) is 86.6 cm³/mol. The van der Waals surface area contributed by atoms with Crippen LogP contribution < -0.4 is 4.74 Å². The Labute approximate surface area is 125 Å². The highest BCUT2D eigenvalue weighted by molar-refractivity contribution is 5.63. The third kappa shape index (κ3) is 3.05. The molecule has 0 saturated carbocycles.